The minimum Gasteiger partial charge on any atom is -0.294 e. The molecule has 0 aliphatic carbocycles. The van der Waals surface area contributed by atoms with Crippen LogP contribution in [-0.2, 0) is 0 Å². The summed E-state index contributed by atoms with van der Waals surface area (Å²) >= 11 is 0. The number of benzene rings is 1. The number of Topliss-reactive ketones (excluding diaryl/α,β-unsaturated/α-hetero) is 1. The first-order valence-electron chi connectivity index (χ1n) is 5.88. The quantitative estimate of drug-likeness (QED) is 0.413. The third kappa shape index (κ3) is 4.79. The van der Waals surface area contributed by atoms with Gasteiger partial charge in [-0.05, 0) is 6.42 Å². The summed E-state index contributed by atoms with van der Waals surface area (Å²) < 4.78 is 0. The number of unbranched alkanes of at least 4 members (excludes halogenated alkanes) is 2. The zero-order valence-electron chi connectivity index (χ0n) is 9.83. The molecule has 0 saturated carbocycles. The van der Waals surface area contributed by atoms with E-state index in [1.807, 2.05) is 30.3 Å². The Morgan fingerprint density at radius 2 is 1.81 bits per heavy atom. The van der Waals surface area contributed by atoms with Gasteiger partial charge in [-0.3, -0.25) is 4.79 Å². The summed E-state index contributed by atoms with van der Waals surface area (Å²) in [6, 6.07) is 9.40. The summed E-state index contributed by atoms with van der Waals surface area (Å²) in [6.45, 7) is 2.15. The minimum atomic E-state index is 0.186. The molecule has 0 radical (unpaired) electrons. The fourth-order valence-electron chi connectivity index (χ4n) is 1.39. The largest absolute Gasteiger partial charge is 0.294 e. The smallest absolute Gasteiger partial charge is 0.163 e. The number of carbonyl (C=O) groups is 1. The van der Waals surface area contributed by atoms with Crippen LogP contribution in [0.3, 0.4) is 0 Å². The highest BCUT2D eigenvalue weighted by atomic mass is 16.1. The van der Waals surface area contributed by atoms with Gasteiger partial charge in [0.15, 0.2) is 5.78 Å². The van der Waals surface area contributed by atoms with E-state index in [4.69, 9.17) is 0 Å². The Hall–Kier alpha value is -1.55. The predicted octanol–water partition coefficient (Wildman–Crippen LogP) is 3.84. The molecule has 0 bridgehead atoms. The minimum absolute atomic E-state index is 0.186. The summed E-state index contributed by atoms with van der Waals surface area (Å²) in [4.78, 5) is 11.7. The summed E-state index contributed by atoms with van der Waals surface area (Å²) in [5.74, 6) is 6.33. The Bertz CT molecular complexity index is 367. The molecule has 1 aromatic rings. The van der Waals surface area contributed by atoms with Crippen molar-refractivity contribution in [3.63, 3.8) is 0 Å². The topological polar surface area (TPSA) is 17.1 Å². The normalized spacial score (nSPS) is 9.31. The van der Waals surface area contributed by atoms with E-state index in [1.165, 1.54) is 6.42 Å². The molecule has 0 fully saturated rings. The van der Waals surface area contributed by atoms with Crippen LogP contribution in [-0.4, -0.2) is 5.78 Å². The molecule has 0 aliphatic heterocycles. The zero-order valence-corrected chi connectivity index (χ0v) is 9.83. The van der Waals surface area contributed by atoms with Crippen molar-refractivity contribution in [2.45, 2.75) is 39.0 Å². The van der Waals surface area contributed by atoms with Gasteiger partial charge in [-0.25, -0.2) is 0 Å². The first kappa shape index (κ1) is 12.5. The van der Waals surface area contributed by atoms with Crippen molar-refractivity contribution in [3.8, 4) is 11.8 Å². The van der Waals surface area contributed by atoms with Crippen LogP contribution < -0.4 is 0 Å². The SMILES string of the molecule is CCCCC#CCCC(=O)c1ccccc1. The van der Waals surface area contributed by atoms with Crippen LogP contribution in [0.2, 0.25) is 0 Å². The Kier molecular flexibility index (Phi) is 6.03. The predicted molar refractivity (Wildman–Crippen MR) is 67.3 cm³/mol. The number of ketones is 1. The van der Waals surface area contributed by atoms with Crippen molar-refractivity contribution in [2.75, 3.05) is 0 Å². The third-order valence-corrected chi connectivity index (χ3v) is 2.35. The molecule has 0 unspecified atom stereocenters. The molecule has 0 aromatic heterocycles. The molecular weight excluding hydrogens is 196 g/mol. The molecule has 16 heavy (non-hydrogen) atoms. The van der Waals surface area contributed by atoms with Crippen LogP contribution in [0.25, 0.3) is 0 Å². The van der Waals surface area contributed by atoms with E-state index in [-0.39, 0.29) is 5.78 Å². The fourth-order valence-corrected chi connectivity index (χ4v) is 1.39. The van der Waals surface area contributed by atoms with Crippen LogP contribution in [0.1, 0.15) is 49.4 Å². The van der Waals surface area contributed by atoms with E-state index in [0.29, 0.717) is 12.8 Å². The van der Waals surface area contributed by atoms with Crippen molar-refractivity contribution >= 4 is 5.78 Å². The molecule has 0 amide bonds. The standard InChI is InChI=1S/C15H18O/c1-2-3-4-5-6-10-13-15(16)14-11-8-7-9-12-14/h7-9,11-12H,2-4,10,13H2,1H3. The molecule has 1 aromatic carbocycles. The van der Waals surface area contributed by atoms with E-state index in [1.54, 1.807) is 0 Å². The van der Waals surface area contributed by atoms with Crippen molar-refractivity contribution in [1.29, 1.82) is 0 Å². The van der Waals surface area contributed by atoms with Crippen molar-refractivity contribution in [2.24, 2.45) is 0 Å². The number of hydrogen-bond acceptors (Lipinski definition) is 1. The van der Waals surface area contributed by atoms with Crippen molar-refractivity contribution in [1.82, 2.24) is 0 Å². The van der Waals surface area contributed by atoms with Gasteiger partial charge in [-0.15, -0.1) is 11.8 Å². The monoisotopic (exact) mass is 214 g/mol. The molecule has 0 atom stereocenters. The molecule has 0 spiro atoms. The average Bonchev–Trinajstić information content (AvgIpc) is 2.34. The molecule has 1 nitrogen and oxygen atoms in total. The molecular formula is C15H18O. The van der Waals surface area contributed by atoms with E-state index >= 15 is 0 Å². The molecule has 0 aliphatic rings. The van der Waals surface area contributed by atoms with Gasteiger partial charge in [-0.1, -0.05) is 43.7 Å². The summed E-state index contributed by atoms with van der Waals surface area (Å²) in [7, 11) is 0. The fraction of sp³-hybridized carbons (Fsp3) is 0.400. The molecule has 1 rings (SSSR count). The summed E-state index contributed by atoms with van der Waals surface area (Å²) in [5.41, 5.74) is 0.790. The first-order chi connectivity index (χ1) is 7.84. The van der Waals surface area contributed by atoms with Gasteiger partial charge in [0, 0.05) is 24.8 Å². The van der Waals surface area contributed by atoms with E-state index in [2.05, 4.69) is 18.8 Å². The lowest BCUT2D eigenvalue weighted by Crippen LogP contribution is -1.97. The van der Waals surface area contributed by atoms with Crippen LogP contribution in [0.4, 0.5) is 0 Å². The Labute approximate surface area is 97.9 Å². The Balaban J connectivity index is 2.28. The third-order valence-electron chi connectivity index (χ3n) is 2.35. The Morgan fingerprint density at radius 1 is 1.12 bits per heavy atom. The average molecular weight is 214 g/mol. The highest BCUT2D eigenvalue weighted by Gasteiger charge is 2.02. The second-order valence-corrected chi connectivity index (χ2v) is 3.75. The van der Waals surface area contributed by atoms with Crippen molar-refractivity contribution in [3.05, 3.63) is 35.9 Å². The highest BCUT2D eigenvalue weighted by molar-refractivity contribution is 5.96. The highest BCUT2D eigenvalue weighted by Crippen LogP contribution is 2.04. The second-order valence-electron chi connectivity index (χ2n) is 3.75. The maximum Gasteiger partial charge on any atom is 0.163 e. The van der Waals surface area contributed by atoms with E-state index in [9.17, 15) is 4.79 Å². The van der Waals surface area contributed by atoms with Gasteiger partial charge in [0.05, 0.1) is 0 Å². The van der Waals surface area contributed by atoms with Gasteiger partial charge in [0.2, 0.25) is 0 Å². The lowest BCUT2D eigenvalue weighted by Gasteiger charge is -1.96. The number of rotatable bonds is 5. The second kappa shape index (κ2) is 7.70. The summed E-state index contributed by atoms with van der Waals surface area (Å²) in [6.07, 6.45) is 4.49. The molecule has 0 saturated heterocycles. The Morgan fingerprint density at radius 3 is 2.50 bits per heavy atom. The van der Waals surface area contributed by atoms with Crippen LogP contribution >= 0.6 is 0 Å². The number of carbonyl (C=O) groups excluding carboxylic acids is 1. The molecule has 84 valence electrons. The van der Waals surface area contributed by atoms with Gasteiger partial charge in [0.25, 0.3) is 0 Å². The van der Waals surface area contributed by atoms with Gasteiger partial charge < -0.3 is 0 Å². The van der Waals surface area contributed by atoms with E-state index in [0.717, 1.165) is 18.4 Å². The van der Waals surface area contributed by atoms with Crippen molar-refractivity contribution < 1.29 is 4.79 Å². The van der Waals surface area contributed by atoms with Crippen LogP contribution in [0.5, 0.6) is 0 Å². The van der Waals surface area contributed by atoms with Gasteiger partial charge in [-0.2, -0.15) is 0 Å². The van der Waals surface area contributed by atoms with Crippen LogP contribution in [0, 0.1) is 11.8 Å². The lowest BCUT2D eigenvalue weighted by molar-refractivity contribution is 0.0984. The lowest BCUT2D eigenvalue weighted by atomic mass is 10.1. The maximum atomic E-state index is 11.7. The molecule has 1 heteroatoms. The zero-order chi connectivity index (χ0) is 11.6. The van der Waals surface area contributed by atoms with Gasteiger partial charge >= 0.3 is 0 Å². The first-order valence-corrected chi connectivity index (χ1v) is 5.88. The maximum absolute atomic E-state index is 11.7. The van der Waals surface area contributed by atoms with Crippen LogP contribution in [0.15, 0.2) is 30.3 Å². The number of hydrogen-bond donors (Lipinski definition) is 0. The van der Waals surface area contributed by atoms with Gasteiger partial charge in [0.1, 0.15) is 0 Å². The molecule has 0 heterocycles. The van der Waals surface area contributed by atoms with E-state index < -0.39 is 0 Å². The molecule has 0 N–H and O–H groups in total. The summed E-state index contributed by atoms with van der Waals surface area (Å²) in [5, 5.41) is 0.